The van der Waals surface area contributed by atoms with Gasteiger partial charge in [0.25, 0.3) is 0 Å². The van der Waals surface area contributed by atoms with Crippen LogP contribution >= 0.6 is 0 Å². The highest BCUT2D eigenvalue weighted by atomic mass is 19.2. The molecule has 1 aromatic heterocycles. The quantitative estimate of drug-likeness (QED) is 0.732. The molecule has 3 aromatic rings. The Morgan fingerprint density at radius 2 is 1.96 bits per heavy atom. The van der Waals surface area contributed by atoms with E-state index in [2.05, 4.69) is 10.3 Å². The van der Waals surface area contributed by atoms with Gasteiger partial charge in [0, 0.05) is 29.6 Å². The number of para-hydroxylation sites is 1. The van der Waals surface area contributed by atoms with E-state index in [1.54, 1.807) is 0 Å². The minimum absolute atomic E-state index is 0.120. The highest BCUT2D eigenvalue weighted by Crippen LogP contribution is 2.20. The fourth-order valence-corrected chi connectivity index (χ4v) is 2.74. The lowest BCUT2D eigenvalue weighted by Crippen LogP contribution is -2.29. The van der Waals surface area contributed by atoms with E-state index in [0.29, 0.717) is 12.0 Å². The average Bonchev–Trinajstić information content (AvgIpc) is 2.99. The maximum absolute atomic E-state index is 13.2. The maximum atomic E-state index is 13.2. The molecule has 0 aliphatic carbocycles. The van der Waals surface area contributed by atoms with Crippen LogP contribution in [0.1, 0.15) is 18.1 Å². The Kier molecular flexibility index (Phi) is 4.60. The number of benzene rings is 2. The van der Waals surface area contributed by atoms with Crippen LogP contribution in [0.15, 0.2) is 48.7 Å². The molecule has 5 heteroatoms. The number of aromatic nitrogens is 1. The van der Waals surface area contributed by atoms with Crippen LogP contribution in [0, 0.1) is 17.6 Å². The molecule has 1 amide bonds. The summed E-state index contributed by atoms with van der Waals surface area (Å²) in [5.74, 6) is -2.15. The summed E-state index contributed by atoms with van der Waals surface area (Å²) in [4.78, 5) is 15.4. The summed E-state index contributed by atoms with van der Waals surface area (Å²) in [5, 5.41) is 3.88. The normalized spacial score (nSPS) is 12.3. The van der Waals surface area contributed by atoms with E-state index in [4.69, 9.17) is 0 Å². The number of hydrogen-bond donors (Lipinski definition) is 2. The lowest BCUT2D eigenvalue weighted by molar-refractivity contribution is -0.124. The van der Waals surface area contributed by atoms with Gasteiger partial charge in [-0.1, -0.05) is 31.2 Å². The van der Waals surface area contributed by atoms with Gasteiger partial charge in [-0.2, -0.15) is 0 Å². The number of aromatic amines is 1. The zero-order chi connectivity index (χ0) is 17.1. The van der Waals surface area contributed by atoms with Crippen LogP contribution in [0.3, 0.4) is 0 Å². The van der Waals surface area contributed by atoms with E-state index in [-0.39, 0.29) is 18.4 Å². The zero-order valence-corrected chi connectivity index (χ0v) is 13.3. The van der Waals surface area contributed by atoms with Gasteiger partial charge < -0.3 is 10.3 Å². The Balaban J connectivity index is 1.61. The molecular formula is C19H18F2N2O. The van der Waals surface area contributed by atoms with E-state index in [1.165, 1.54) is 6.07 Å². The first-order valence-corrected chi connectivity index (χ1v) is 7.81. The highest BCUT2D eigenvalue weighted by molar-refractivity contribution is 5.84. The minimum atomic E-state index is -0.909. The van der Waals surface area contributed by atoms with Gasteiger partial charge >= 0.3 is 0 Å². The van der Waals surface area contributed by atoms with Crippen LogP contribution in [0.25, 0.3) is 10.9 Å². The predicted molar refractivity (Wildman–Crippen MR) is 89.4 cm³/mol. The molecule has 0 saturated heterocycles. The number of H-pyrrole nitrogens is 1. The number of nitrogens with one attached hydrogen (secondary N) is 2. The Hall–Kier alpha value is -2.69. The van der Waals surface area contributed by atoms with Gasteiger partial charge in [-0.3, -0.25) is 4.79 Å². The first-order chi connectivity index (χ1) is 11.5. The van der Waals surface area contributed by atoms with Crippen molar-refractivity contribution in [2.24, 2.45) is 5.92 Å². The average molecular weight is 328 g/mol. The van der Waals surface area contributed by atoms with Crippen LogP contribution in [-0.4, -0.2) is 10.9 Å². The minimum Gasteiger partial charge on any atom is -0.361 e. The smallest absolute Gasteiger partial charge is 0.223 e. The molecule has 1 atom stereocenters. The first-order valence-electron chi connectivity index (χ1n) is 7.81. The number of fused-ring (bicyclic) bond motifs is 1. The topological polar surface area (TPSA) is 44.9 Å². The van der Waals surface area contributed by atoms with Gasteiger partial charge in [0.1, 0.15) is 0 Å². The van der Waals surface area contributed by atoms with E-state index in [1.807, 2.05) is 37.4 Å². The number of hydrogen-bond acceptors (Lipinski definition) is 1. The number of halogens is 2. The standard InChI is InChI=1S/C19H18F2N2O/c1-12(8-14-11-22-18-5-3-2-4-15(14)18)19(24)23-10-13-6-7-16(20)17(21)9-13/h2-7,9,11-12,22H,8,10H2,1H3,(H,23,24). The second-order valence-corrected chi connectivity index (χ2v) is 5.93. The summed E-state index contributed by atoms with van der Waals surface area (Å²) >= 11 is 0. The van der Waals surface area contributed by atoms with E-state index in [0.717, 1.165) is 28.6 Å². The van der Waals surface area contributed by atoms with E-state index < -0.39 is 11.6 Å². The van der Waals surface area contributed by atoms with Gasteiger partial charge in [0.15, 0.2) is 11.6 Å². The summed E-state index contributed by atoms with van der Waals surface area (Å²) in [6.07, 6.45) is 2.53. The van der Waals surface area contributed by atoms with Crippen molar-refractivity contribution < 1.29 is 13.6 Å². The fraction of sp³-hybridized carbons (Fsp3) is 0.211. The van der Waals surface area contributed by atoms with Gasteiger partial charge in [-0.25, -0.2) is 8.78 Å². The van der Waals surface area contributed by atoms with E-state index >= 15 is 0 Å². The molecule has 1 heterocycles. The Labute approximate surface area is 138 Å². The van der Waals surface area contributed by atoms with Crippen molar-refractivity contribution in [2.45, 2.75) is 19.9 Å². The Morgan fingerprint density at radius 3 is 2.75 bits per heavy atom. The molecule has 2 aromatic carbocycles. The molecule has 3 rings (SSSR count). The van der Waals surface area contributed by atoms with Crippen molar-refractivity contribution in [1.82, 2.24) is 10.3 Å². The van der Waals surface area contributed by atoms with Crippen LogP contribution < -0.4 is 5.32 Å². The molecule has 0 bridgehead atoms. The van der Waals surface area contributed by atoms with E-state index in [9.17, 15) is 13.6 Å². The monoisotopic (exact) mass is 328 g/mol. The van der Waals surface area contributed by atoms with Gasteiger partial charge in [-0.05, 0) is 35.7 Å². The lowest BCUT2D eigenvalue weighted by Gasteiger charge is -2.12. The van der Waals surface area contributed by atoms with Crippen molar-refractivity contribution in [3.8, 4) is 0 Å². The zero-order valence-electron chi connectivity index (χ0n) is 13.3. The Bertz CT molecular complexity index is 873. The first kappa shape index (κ1) is 16.2. The largest absolute Gasteiger partial charge is 0.361 e. The number of carbonyl (C=O) groups is 1. The van der Waals surface area contributed by atoms with Gasteiger partial charge in [0.2, 0.25) is 5.91 Å². The van der Waals surface area contributed by atoms with Crippen molar-refractivity contribution in [3.05, 3.63) is 71.4 Å². The Morgan fingerprint density at radius 1 is 1.17 bits per heavy atom. The third-order valence-corrected chi connectivity index (χ3v) is 4.10. The highest BCUT2D eigenvalue weighted by Gasteiger charge is 2.15. The van der Waals surface area contributed by atoms with Crippen molar-refractivity contribution >= 4 is 16.8 Å². The molecular weight excluding hydrogens is 310 g/mol. The number of amides is 1. The van der Waals surface area contributed by atoms with Crippen LogP contribution in [0.5, 0.6) is 0 Å². The third kappa shape index (κ3) is 3.45. The second-order valence-electron chi connectivity index (χ2n) is 5.93. The molecule has 24 heavy (non-hydrogen) atoms. The predicted octanol–water partition coefficient (Wildman–Crippen LogP) is 3.94. The second kappa shape index (κ2) is 6.83. The molecule has 0 saturated carbocycles. The van der Waals surface area contributed by atoms with Crippen LogP contribution in [-0.2, 0) is 17.8 Å². The molecule has 0 fully saturated rings. The summed E-state index contributed by atoms with van der Waals surface area (Å²) in [7, 11) is 0. The third-order valence-electron chi connectivity index (χ3n) is 4.10. The number of carbonyl (C=O) groups excluding carboxylic acids is 1. The fourth-order valence-electron chi connectivity index (χ4n) is 2.74. The van der Waals surface area contributed by atoms with Gasteiger partial charge in [0.05, 0.1) is 0 Å². The van der Waals surface area contributed by atoms with Crippen molar-refractivity contribution in [1.29, 1.82) is 0 Å². The van der Waals surface area contributed by atoms with Crippen LogP contribution in [0.4, 0.5) is 8.78 Å². The molecule has 0 spiro atoms. The summed E-state index contributed by atoms with van der Waals surface area (Å²) in [6.45, 7) is 2.02. The van der Waals surface area contributed by atoms with Crippen molar-refractivity contribution in [3.63, 3.8) is 0 Å². The summed E-state index contributed by atoms with van der Waals surface area (Å²) in [5.41, 5.74) is 2.66. The number of rotatable bonds is 5. The molecule has 0 aliphatic heterocycles. The SMILES string of the molecule is CC(Cc1c[nH]c2ccccc12)C(=O)NCc1ccc(F)c(F)c1. The molecule has 3 nitrogen and oxygen atoms in total. The van der Waals surface area contributed by atoms with Crippen LogP contribution in [0.2, 0.25) is 0 Å². The molecule has 1 unspecified atom stereocenters. The summed E-state index contributed by atoms with van der Waals surface area (Å²) < 4.78 is 26.1. The lowest BCUT2D eigenvalue weighted by atomic mass is 10.00. The molecule has 2 N–H and O–H groups in total. The molecule has 0 radical (unpaired) electrons. The van der Waals surface area contributed by atoms with Crippen molar-refractivity contribution in [2.75, 3.05) is 0 Å². The molecule has 124 valence electrons. The van der Waals surface area contributed by atoms with Gasteiger partial charge in [-0.15, -0.1) is 0 Å². The summed E-state index contributed by atoms with van der Waals surface area (Å²) in [6, 6.07) is 11.6. The maximum Gasteiger partial charge on any atom is 0.223 e. The molecule has 0 aliphatic rings.